The summed E-state index contributed by atoms with van der Waals surface area (Å²) in [7, 11) is 7.71. The summed E-state index contributed by atoms with van der Waals surface area (Å²) in [6.07, 6.45) is 3.04. The number of aliphatic hydroxyl groups excluding tert-OH is 1. The van der Waals surface area contributed by atoms with Gasteiger partial charge in [-0.2, -0.15) is 11.1 Å². The number of amides is 2. The molecule has 18 heteroatoms. The number of nitriles is 1. The van der Waals surface area contributed by atoms with Crippen molar-refractivity contribution in [1.29, 1.82) is 5.26 Å². The van der Waals surface area contributed by atoms with Crippen LogP contribution in [0, 0.1) is 22.4 Å². The van der Waals surface area contributed by atoms with E-state index in [1.165, 1.54) is 43.2 Å². The highest BCUT2D eigenvalue weighted by Crippen LogP contribution is 2.33. The molecule has 0 aliphatic carbocycles. The number of thiocyanates is 1. The van der Waals surface area contributed by atoms with Crippen molar-refractivity contribution < 1.29 is 38.4 Å². The van der Waals surface area contributed by atoms with Crippen molar-refractivity contribution in [2.75, 3.05) is 70.9 Å². The molecule has 1 aromatic carbocycles. The Bertz CT molecular complexity index is 1130. The van der Waals surface area contributed by atoms with Gasteiger partial charge in [0.25, 0.3) is 13.2 Å². The van der Waals surface area contributed by atoms with Crippen LogP contribution in [0.2, 0.25) is 0 Å². The van der Waals surface area contributed by atoms with Crippen molar-refractivity contribution in [1.82, 2.24) is 10.6 Å². The van der Waals surface area contributed by atoms with Crippen molar-refractivity contribution in [3.63, 3.8) is 0 Å². The van der Waals surface area contributed by atoms with Crippen LogP contribution >= 0.6 is 54.9 Å². The van der Waals surface area contributed by atoms with E-state index in [0.717, 1.165) is 11.8 Å². The number of nitrogens with zero attached hydrogens (tertiary/aromatic N) is 1. The van der Waals surface area contributed by atoms with E-state index in [-0.39, 0.29) is 68.4 Å². The van der Waals surface area contributed by atoms with E-state index in [2.05, 4.69) is 22.4 Å². The molecule has 5 atom stereocenters. The minimum absolute atomic E-state index is 0.125. The molecule has 1 aliphatic rings. The van der Waals surface area contributed by atoms with Crippen molar-refractivity contribution in [2.24, 2.45) is 5.73 Å². The van der Waals surface area contributed by atoms with E-state index < -0.39 is 12.1 Å². The van der Waals surface area contributed by atoms with Gasteiger partial charge in [0.15, 0.2) is 0 Å². The monoisotopic (exact) mass is 717 g/mol. The third kappa shape index (κ3) is 16.3. The van der Waals surface area contributed by atoms with Crippen molar-refractivity contribution in [3.05, 3.63) is 29.8 Å². The van der Waals surface area contributed by atoms with Gasteiger partial charge in [-0.15, -0.1) is 0 Å². The number of rotatable bonds is 23. The molecule has 1 fully saturated rings. The quantitative estimate of drug-likeness (QED) is 0.0321. The molecule has 4 unspecified atom stereocenters. The highest BCUT2D eigenvalue weighted by atomic mass is 33.1. The fourth-order valence-electron chi connectivity index (χ4n) is 3.58. The van der Waals surface area contributed by atoms with Gasteiger partial charge in [0, 0.05) is 24.4 Å². The summed E-state index contributed by atoms with van der Waals surface area (Å²) >= 11 is 1.11. The van der Waals surface area contributed by atoms with Crippen LogP contribution in [0.5, 0.6) is 5.75 Å². The van der Waals surface area contributed by atoms with E-state index >= 15 is 0 Å². The van der Waals surface area contributed by atoms with Crippen LogP contribution in [-0.4, -0.2) is 124 Å². The summed E-state index contributed by atoms with van der Waals surface area (Å²) in [4.78, 5) is 24.2. The van der Waals surface area contributed by atoms with Crippen molar-refractivity contribution >= 4 is 74.0 Å². The lowest BCUT2D eigenvalue weighted by Gasteiger charge is -2.44. The van der Waals surface area contributed by atoms with E-state index in [1.807, 2.05) is 17.9 Å². The van der Waals surface area contributed by atoms with Crippen LogP contribution in [-0.2, 0) is 23.7 Å². The molecule has 1 heterocycles. The predicted octanol–water partition coefficient (Wildman–Crippen LogP) is 1.56. The van der Waals surface area contributed by atoms with Gasteiger partial charge in [0.05, 0.1) is 32.4 Å². The minimum atomic E-state index is -0.452. The molecule has 1 aromatic rings. The Morgan fingerprint density at radius 3 is 2.73 bits per heavy atom. The largest absolute Gasteiger partial charge is 0.490 e. The van der Waals surface area contributed by atoms with Gasteiger partial charge in [0.2, 0.25) is 5.91 Å². The number of ether oxygens (including phenoxy) is 5. The molecule has 5 N–H and O–H groups in total. The number of benzene rings is 1. The Balaban J connectivity index is 1.63. The fraction of sp³-hybridized carbons (Fsp3) is 0.593. The maximum Gasteiger partial charge on any atom is 0.255 e. The average Bonchev–Trinajstić information content (AvgIpc) is 3.04. The van der Waals surface area contributed by atoms with Gasteiger partial charge in [0.1, 0.15) is 47.4 Å². The zero-order valence-corrected chi connectivity index (χ0v) is 29.1. The van der Waals surface area contributed by atoms with Crippen molar-refractivity contribution in [3.8, 4) is 22.9 Å². The van der Waals surface area contributed by atoms with Gasteiger partial charge in [-0.05, 0) is 42.5 Å². The van der Waals surface area contributed by atoms with Crippen LogP contribution < -0.4 is 21.1 Å². The maximum atomic E-state index is 12.1. The standard InChI is InChI=1S/C27H38BN4O8S5/c1-41-44-23(16-38-20-6-3-5-19(13-20)27(35)32-10-8-29)37-12-11-36-15-22(34)31-9-4-7-28-26-25(21(14-33)39-26)40-24(45-42-2)17-43-18-30/h3,5-6,13,21,23-26,33H,8-12,14-17,29H2,1-2H3,(H,31,34)(H,32,35)/t21?,23?,24-,25?,26?/m1/s1. The molecular formula is C27H38BN4O8S5. The van der Waals surface area contributed by atoms with Gasteiger partial charge in [-0.25, -0.2) is 0 Å². The number of carbonyl (C=O) groups excluding carboxylic acids is 2. The Kier molecular flexibility index (Phi) is 21.8. The highest BCUT2D eigenvalue weighted by molar-refractivity contribution is 8.77. The molecule has 0 spiro atoms. The highest BCUT2D eigenvalue weighted by Gasteiger charge is 2.44. The molecule has 45 heavy (non-hydrogen) atoms. The summed E-state index contributed by atoms with van der Waals surface area (Å²) in [5, 5.41) is 25.8. The third-order valence-corrected chi connectivity index (χ3v) is 10.2. The maximum absolute atomic E-state index is 12.1. The molecule has 1 saturated heterocycles. The number of hydrogen-bond donors (Lipinski definition) is 4. The normalized spacial score (nSPS) is 18.3. The van der Waals surface area contributed by atoms with Crippen LogP contribution in [0.1, 0.15) is 10.4 Å². The summed E-state index contributed by atoms with van der Waals surface area (Å²) in [6, 6.07) is 6.47. The Hall–Kier alpha value is -1.42. The fourth-order valence-corrected chi connectivity index (χ4v) is 7.43. The molecule has 2 rings (SSSR count). The molecule has 1 radical (unpaired) electrons. The first-order valence-corrected chi connectivity index (χ1v) is 20.0. The summed E-state index contributed by atoms with van der Waals surface area (Å²) < 4.78 is 28.8. The Morgan fingerprint density at radius 2 is 2.00 bits per heavy atom. The Morgan fingerprint density at radius 1 is 1.20 bits per heavy atom. The molecule has 0 saturated carbocycles. The number of nitrogens with two attached hydrogens (primary N) is 1. The zero-order valence-electron chi connectivity index (χ0n) is 25.0. The van der Waals surface area contributed by atoms with E-state index in [4.69, 9.17) is 34.7 Å². The predicted molar refractivity (Wildman–Crippen MR) is 185 cm³/mol. The first-order chi connectivity index (χ1) is 21.9. The zero-order chi connectivity index (χ0) is 32.7. The SMILES string of the molecule is CSSC(COc1cccc(C(=O)NCCN)c1)OCCOCC(=O)NCC#C[B]C1OC(CO)C1O[C@@H](CSC#N)SSC. The van der Waals surface area contributed by atoms with Crippen LogP contribution in [0.15, 0.2) is 24.3 Å². The smallest absolute Gasteiger partial charge is 0.255 e. The molecule has 12 nitrogen and oxygen atoms in total. The summed E-state index contributed by atoms with van der Waals surface area (Å²) in [5.41, 5.74) is 5.40. The molecule has 0 bridgehead atoms. The van der Waals surface area contributed by atoms with Crippen LogP contribution in [0.25, 0.3) is 0 Å². The summed E-state index contributed by atoms with van der Waals surface area (Å²) in [6.45, 7) is 1.29. The van der Waals surface area contributed by atoms with Crippen LogP contribution in [0.3, 0.4) is 0 Å². The Labute approximate surface area is 285 Å². The molecule has 247 valence electrons. The lowest BCUT2D eigenvalue weighted by molar-refractivity contribution is -0.222. The van der Waals surface area contributed by atoms with Crippen molar-refractivity contribution in [2.45, 2.75) is 29.1 Å². The lowest BCUT2D eigenvalue weighted by Crippen LogP contribution is -2.60. The van der Waals surface area contributed by atoms with Gasteiger partial charge in [-0.1, -0.05) is 55.2 Å². The number of hydrogen-bond acceptors (Lipinski definition) is 15. The van der Waals surface area contributed by atoms with Gasteiger partial charge in [-0.3, -0.25) is 9.59 Å². The minimum Gasteiger partial charge on any atom is -0.490 e. The van der Waals surface area contributed by atoms with E-state index in [1.54, 1.807) is 31.5 Å². The molecule has 1 aliphatic heterocycles. The van der Waals surface area contributed by atoms with E-state index in [9.17, 15) is 14.7 Å². The summed E-state index contributed by atoms with van der Waals surface area (Å²) in [5.74, 6) is 6.21. The first kappa shape index (κ1) is 39.8. The second kappa shape index (κ2) is 24.7. The first-order valence-electron chi connectivity index (χ1n) is 13.8. The van der Waals surface area contributed by atoms with Gasteiger partial charge < -0.3 is 45.2 Å². The number of carbonyl (C=O) groups is 2. The number of aliphatic hydroxyl groups is 1. The second-order valence-corrected chi connectivity index (χ2v) is 14.8. The topological polar surface area (TPSA) is 174 Å². The molecule has 0 aromatic heterocycles. The molecular weight excluding hydrogens is 679 g/mol. The van der Waals surface area contributed by atoms with Gasteiger partial charge >= 0.3 is 0 Å². The lowest BCUT2D eigenvalue weighted by atomic mass is 9.66. The van der Waals surface area contributed by atoms with E-state index in [0.29, 0.717) is 30.2 Å². The number of thioether (sulfide) groups is 1. The number of nitrogens with one attached hydrogen (secondary N) is 2. The average molecular weight is 718 g/mol. The molecule has 2 amide bonds. The third-order valence-electron chi connectivity index (χ3n) is 5.60. The van der Waals surface area contributed by atoms with Crippen LogP contribution in [0.4, 0.5) is 0 Å². The second-order valence-electron chi connectivity index (χ2n) is 8.78.